The average molecular weight is 326 g/mol. The van der Waals surface area contributed by atoms with Crippen LogP contribution >= 0.6 is 15.9 Å². The maximum absolute atomic E-state index is 5.57. The van der Waals surface area contributed by atoms with Gasteiger partial charge in [-0.25, -0.2) is 0 Å². The molecule has 1 aliphatic rings. The summed E-state index contributed by atoms with van der Waals surface area (Å²) in [5, 5.41) is 3.67. The van der Waals surface area contributed by atoms with Crippen molar-refractivity contribution in [2.75, 3.05) is 13.7 Å². The molecule has 0 radical (unpaired) electrons. The third-order valence-electron chi connectivity index (χ3n) is 4.08. The van der Waals surface area contributed by atoms with Crippen molar-refractivity contribution in [1.29, 1.82) is 0 Å². The quantitative estimate of drug-likeness (QED) is 0.848. The van der Waals surface area contributed by atoms with Crippen molar-refractivity contribution in [1.82, 2.24) is 5.32 Å². The summed E-state index contributed by atoms with van der Waals surface area (Å²) in [7, 11) is 1.76. The van der Waals surface area contributed by atoms with Gasteiger partial charge in [0.2, 0.25) is 0 Å². The summed E-state index contributed by atoms with van der Waals surface area (Å²) in [6.07, 6.45) is 6.79. The molecule has 19 heavy (non-hydrogen) atoms. The average Bonchev–Trinajstić information content (AvgIpc) is 2.46. The van der Waals surface area contributed by atoms with E-state index in [9.17, 15) is 0 Å². The number of hydrogen-bond donors (Lipinski definition) is 1. The molecule has 106 valence electrons. The SMILES string of the molecule is CCNC(c1ccc(Br)cc1OC)C1CCCCC1. The number of nitrogens with one attached hydrogen (secondary N) is 1. The highest BCUT2D eigenvalue weighted by Crippen LogP contribution is 2.38. The van der Waals surface area contributed by atoms with Gasteiger partial charge in [0.05, 0.1) is 7.11 Å². The standard InChI is InChI=1S/C16H24BrNO/c1-3-18-16(12-7-5-4-6-8-12)14-10-9-13(17)11-15(14)19-2/h9-12,16,18H,3-8H2,1-2H3. The molecule has 1 saturated carbocycles. The fraction of sp³-hybridized carbons (Fsp3) is 0.625. The molecular formula is C16H24BrNO. The van der Waals surface area contributed by atoms with E-state index in [0.29, 0.717) is 6.04 Å². The van der Waals surface area contributed by atoms with E-state index in [-0.39, 0.29) is 0 Å². The first-order valence-electron chi connectivity index (χ1n) is 7.33. The number of hydrogen-bond acceptors (Lipinski definition) is 2. The highest BCUT2D eigenvalue weighted by Gasteiger charge is 2.26. The summed E-state index contributed by atoms with van der Waals surface area (Å²) in [5.74, 6) is 1.73. The summed E-state index contributed by atoms with van der Waals surface area (Å²) in [6, 6.07) is 6.81. The van der Waals surface area contributed by atoms with Crippen molar-refractivity contribution in [3.63, 3.8) is 0 Å². The minimum absolute atomic E-state index is 0.424. The summed E-state index contributed by atoms with van der Waals surface area (Å²) >= 11 is 3.52. The van der Waals surface area contributed by atoms with Crippen LogP contribution in [0.25, 0.3) is 0 Å². The first-order chi connectivity index (χ1) is 9.26. The van der Waals surface area contributed by atoms with Crippen molar-refractivity contribution in [3.8, 4) is 5.75 Å². The molecule has 0 heterocycles. The third kappa shape index (κ3) is 3.73. The van der Waals surface area contributed by atoms with Gasteiger partial charge in [-0.2, -0.15) is 0 Å². The zero-order chi connectivity index (χ0) is 13.7. The molecule has 0 bridgehead atoms. The summed E-state index contributed by atoms with van der Waals surface area (Å²) in [5.41, 5.74) is 1.31. The highest BCUT2D eigenvalue weighted by molar-refractivity contribution is 9.10. The molecule has 1 aromatic carbocycles. The first kappa shape index (κ1) is 14.9. The van der Waals surface area contributed by atoms with Crippen LogP contribution in [0.2, 0.25) is 0 Å². The number of rotatable bonds is 5. The largest absolute Gasteiger partial charge is 0.496 e. The minimum Gasteiger partial charge on any atom is -0.496 e. The monoisotopic (exact) mass is 325 g/mol. The van der Waals surface area contributed by atoms with E-state index in [1.54, 1.807) is 7.11 Å². The molecule has 1 aromatic rings. The zero-order valence-electron chi connectivity index (χ0n) is 11.9. The van der Waals surface area contributed by atoms with Crippen molar-refractivity contribution in [2.24, 2.45) is 5.92 Å². The lowest BCUT2D eigenvalue weighted by atomic mass is 9.81. The number of methoxy groups -OCH3 is 1. The molecule has 2 rings (SSSR count). The van der Waals surface area contributed by atoms with Crippen molar-refractivity contribution in [2.45, 2.75) is 45.1 Å². The van der Waals surface area contributed by atoms with Crippen molar-refractivity contribution < 1.29 is 4.74 Å². The third-order valence-corrected chi connectivity index (χ3v) is 4.57. The van der Waals surface area contributed by atoms with E-state index in [1.165, 1.54) is 37.7 Å². The van der Waals surface area contributed by atoms with E-state index in [2.05, 4.69) is 46.4 Å². The normalized spacial score (nSPS) is 18.3. The Bertz CT molecular complexity index is 402. The predicted octanol–water partition coefficient (Wildman–Crippen LogP) is 4.69. The fourth-order valence-electron chi connectivity index (χ4n) is 3.16. The van der Waals surface area contributed by atoms with Gasteiger partial charge in [0, 0.05) is 16.1 Å². The van der Waals surface area contributed by atoms with E-state index in [1.807, 2.05) is 0 Å². The van der Waals surface area contributed by atoms with Crippen molar-refractivity contribution >= 4 is 15.9 Å². The van der Waals surface area contributed by atoms with Crippen LogP contribution in [0.5, 0.6) is 5.75 Å². The lowest BCUT2D eigenvalue weighted by molar-refractivity contribution is 0.268. The van der Waals surface area contributed by atoms with Gasteiger partial charge in [0.15, 0.2) is 0 Å². The Kier molecular flexibility index (Phi) is 5.71. The van der Waals surface area contributed by atoms with Gasteiger partial charge in [-0.15, -0.1) is 0 Å². The predicted molar refractivity (Wildman–Crippen MR) is 83.7 cm³/mol. The van der Waals surface area contributed by atoms with E-state index in [0.717, 1.165) is 22.7 Å². The van der Waals surface area contributed by atoms with Gasteiger partial charge < -0.3 is 10.1 Å². The second-order valence-electron chi connectivity index (χ2n) is 5.32. The molecule has 0 saturated heterocycles. The smallest absolute Gasteiger partial charge is 0.124 e. The van der Waals surface area contributed by atoms with Crippen LogP contribution < -0.4 is 10.1 Å². The molecule has 2 nitrogen and oxygen atoms in total. The Labute approximate surface area is 125 Å². The van der Waals surface area contributed by atoms with Gasteiger partial charge >= 0.3 is 0 Å². The topological polar surface area (TPSA) is 21.3 Å². The van der Waals surface area contributed by atoms with Crippen LogP contribution in [0, 0.1) is 5.92 Å². The Morgan fingerprint density at radius 2 is 2.05 bits per heavy atom. The van der Waals surface area contributed by atoms with Gasteiger partial charge in [-0.3, -0.25) is 0 Å². The van der Waals surface area contributed by atoms with Crippen LogP contribution in [0.1, 0.15) is 50.6 Å². The van der Waals surface area contributed by atoms with Crippen LogP contribution in [-0.4, -0.2) is 13.7 Å². The molecule has 0 spiro atoms. The molecule has 0 aliphatic heterocycles. The lowest BCUT2D eigenvalue weighted by Crippen LogP contribution is -2.30. The van der Waals surface area contributed by atoms with Gasteiger partial charge in [-0.1, -0.05) is 48.2 Å². The van der Waals surface area contributed by atoms with Crippen LogP contribution in [0.3, 0.4) is 0 Å². The Morgan fingerprint density at radius 3 is 2.68 bits per heavy atom. The molecule has 1 aliphatic carbocycles. The van der Waals surface area contributed by atoms with Crippen LogP contribution in [0.4, 0.5) is 0 Å². The van der Waals surface area contributed by atoms with Gasteiger partial charge in [0.1, 0.15) is 5.75 Å². The first-order valence-corrected chi connectivity index (χ1v) is 8.12. The second-order valence-corrected chi connectivity index (χ2v) is 6.24. The van der Waals surface area contributed by atoms with Gasteiger partial charge in [0.25, 0.3) is 0 Å². The fourth-order valence-corrected chi connectivity index (χ4v) is 3.50. The summed E-state index contributed by atoms with van der Waals surface area (Å²) in [6.45, 7) is 3.18. The van der Waals surface area contributed by atoms with Crippen LogP contribution in [0.15, 0.2) is 22.7 Å². The maximum atomic E-state index is 5.57. The molecule has 0 amide bonds. The summed E-state index contributed by atoms with van der Waals surface area (Å²) < 4.78 is 6.65. The van der Waals surface area contributed by atoms with E-state index < -0.39 is 0 Å². The molecular weight excluding hydrogens is 302 g/mol. The maximum Gasteiger partial charge on any atom is 0.124 e. The minimum atomic E-state index is 0.424. The molecule has 0 aromatic heterocycles. The number of halogens is 1. The highest BCUT2D eigenvalue weighted by atomic mass is 79.9. The zero-order valence-corrected chi connectivity index (χ0v) is 13.5. The molecule has 1 atom stereocenters. The molecule has 1 fully saturated rings. The number of benzene rings is 1. The van der Waals surface area contributed by atoms with Gasteiger partial charge in [-0.05, 0) is 37.4 Å². The van der Waals surface area contributed by atoms with E-state index >= 15 is 0 Å². The molecule has 1 unspecified atom stereocenters. The van der Waals surface area contributed by atoms with Crippen molar-refractivity contribution in [3.05, 3.63) is 28.2 Å². The lowest BCUT2D eigenvalue weighted by Gasteiger charge is -2.32. The van der Waals surface area contributed by atoms with E-state index in [4.69, 9.17) is 4.74 Å². The number of ether oxygens (including phenoxy) is 1. The Balaban J connectivity index is 2.26. The van der Waals surface area contributed by atoms with Crippen LogP contribution in [-0.2, 0) is 0 Å². The Morgan fingerprint density at radius 1 is 1.32 bits per heavy atom. The molecule has 1 N–H and O–H groups in total. The summed E-state index contributed by atoms with van der Waals surface area (Å²) in [4.78, 5) is 0. The second kappa shape index (κ2) is 7.30. The Hall–Kier alpha value is -0.540. The molecule has 3 heteroatoms.